The van der Waals surface area contributed by atoms with Crippen molar-refractivity contribution in [3.8, 4) is 11.5 Å². The largest absolute Gasteiger partial charge is 0.497 e. The van der Waals surface area contributed by atoms with Gasteiger partial charge < -0.3 is 9.47 Å². The van der Waals surface area contributed by atoms with Crippen molar-refractivity contribution in [1.82, 2.24) is 4.98 Å². The van der Waals surface area contributed by atoms with E-state index in [1.165, 1.54) is 5.56 Å². The van der Waals surface area contributed by atoms with Gasteiger partial charge in [0.2, 0.25) is 0 Å². The molecular weight excluding hydrogens is 214 g/mol. The summed E-state index contributed by atoms with van der Waals surface area (Å²) in [7, 11) is 3.31. The van der Waals surface area contributed by atoms with Crippen LogP contribution in [0.2, 0.25) is 0 Å². The van der Waals surface area contributed by atoms with Crippen LogP contribution in [0, 0.1) is 0 Å². The van der Waals surface area contributed by atoms with Crippen LogP contribution >= 0.6 is 0 Å². The zero-order chi connectivity index (χ0) is 12.4. The van der Waals surface area contributed by atoms with Gasteiger partial charge in [0.25, 0.3) is 0 Å². The summed E-state index contributed by atoms with van der Waals surface area (Å²) in [6, 6.07) is 5.92. The lowest BCUT2D eigenvalue weighted by molar-refractivity contribution is 0.397. The van der Waals surface area contributed by atoms with Crippen LogP contribution in [-0.4, -0.2) is 19.2 Å². The third-order valence-electron chi connectivity index (χ3n) is 2.89. The molecule has 3 nitrogen and oxygen atoms in total. The van der Waals surface area contributed by atoms with Gasteiger partial charge in [-0.3, -0.25) is 4.98 Å². The summed E-state index contributed by atoms with van der Waals surface area (Å²) in [5.74, 6) is 1.99. The minimum Gasteiger partial charge on any atom is -0.497 e. The number of rotatable bonds is 3. The van der Waals surface area contributed by atoms with Gasteiger partial charge in [-0.15, -0.1) is 0 Å². The molecule has 0 bridgehead atoms. The van der Waals surface area contributed by atoms with Crippen molar-refractivity contribution in [2.45, 2.75) is 19.8 Å². The summed E-state index contributed by atoms with van der Waals surface area (Å²) >= 11 is 0. The molecule has 0 spiro atoms. The topological polar surface area (TPSA) is 31.4 Å². The monoisotopic (exact) mass is 231 g/mol. The Morgan fingerprint density at radius 3 is 2.47 bits per heavy atom. The van der Waals surface area contributed by atoms with E-state index in [1.807, 2.05) is 24.4 Å². The van der Waals surface area contributed by atoms with E-state index in [4.69, 9.17) is 9.47 Å². The first-order valence-electron chi connectivity index (χ1n) is 5.68. The zero-order valence-electron chi connectivity index (χ0n) is 10.7. The van der Waals surface area contributed by atoms with Crippen molar-refractivity contribution in [3.05, 3.63) is 30.0 Å². The standard InChI is InChI=1S/C14H17NO2/c1-9(2)11-5-6-15-14-12(11)7-10(16-3)8-13(14)17-4/h5-9H,1-4H3. The number of nitrogens with zero attached hydrogens (tertiary/aromatic N) is 1. The first kappa shape index (κ1) is 11.7. The highest BCUT2D eigenvalue weighted by atomic mass is 16.5. The molecule has 90 valence electrons. The molecule has 0 saturated heterocycles. The number of hydrogen-bond acceptors (Lipinski definition) is 3. The number of benzene rings is 1. The highest BCUT2D eigenvalue weighted by Crippen LogP contribution is 2.33. The van der Waals surface area contributed by atoms with Gasteiger partial charge in [0.1, 0.15) is 17.0 Å². The maximum Gasteiger partial charge on any atom is 0.148 e. The maximum absolute atomic E-state index is 5.36. The molecule has 3 heteroatoms. The van der Waals surface area contributed by atoms with Crippen LogP contribution < -0.4 is 9.47 Å². The van der Waals surface area contributed by atoms with Crippen LogP contribution in [0.4, 0.5) is 0 Å². The van der Waals surface area contributed by atoms with Gasteiger partial charge in [0.15, 0.2) is 0 Å². The van der Waals surface area contributed by atoms with Gasteiger partial charge in [-0.1, -0.05) is 13.8 Å². The van der Waals surface area contributed by atoms with Gasteiger partial charge in [0, 0.05) is 17.6 Å². The van der Waals surface area contributed by atoms with E-state index in [1.54, 1.807) is 14.2 Å². The van der Waals surface area contributed by atoms with Crippen molar-refractivity contribution < 1.29 is 9.47 Å². The Labute approximate surface area is 101 Å². The molecule has 0 saturated carbocycles. The summed E-state index contributed by atoms with van der Waals surface area (Å²) in [6.07, 6.45) is 1.83. The average molecular weight is 231 g/mol. The first-order chi connectivity index (χ1) is 8.17. The molecule has 0 aliphatic carbocycles. The fraction of sp³-hybridized carbons (Fsp3) is 0.357. The van der Waals surface area contributed by atoms with E-state index in [2.05, 4.69) is 18.8 Å². The van der Waals surface area contributed by atoms with Gasteiger partial charge >= 0.3 is 0 Å². The molecule has 0 fully saturated rings. The van der Waals surface area contributed by atoms with Gasteiger partial charge in [-0.05, 0) is 23.6 Å². The Morgan fingerprint density at radius 1 is 1.12 bits per heavy atom. The van der Waals surface area contributed by atoms with E-state index in [9.17, 15) is 0 Å². The Morgan fingerprint density at radius 2 is 1.88 bits per heavy atom. The van der Waals surface area contributed by atoms with Crippen LogP contribution in [0.5, 0.6) is 11.5 Å². The number of pyridine rings is 1. The second-order valence-corrected chi connectivity index (χ2v) is 4.28. The molecule has 0 aliphatic rings. The Kier molecular flexibility index (Phi) is 3.18. The third-order valence-corrected chi connectivity index (χ3v) is 2.89. The second-order valence-electron chi connectivity index (χ2n) is 4.28. The van der Waals surface area contributed by atoms with Crippen molar-refractivity contribution in [2.75, 3.05) is 14.2 Å². The Balaban J connectivity index is 2.79. The maximum atomic E-state index is 5.36. The molecular formula is C14H17NO2. The molecule has 1 heterocycles. The number of aromatic nitrogens is 1. The summed E-state index contributed by atoms with van der Waals surface area (Å²) in [4.78, 5) is 4.39. The summed E-state index contributed by atoms with van der Waals surface area (Å²) in [5.41, 5.74) is 2.15. The van der Waals surface area contributed by atoms with E-state index < -0.39 is 0 Å². The van der Waals surface area contributed by atoms with Crippen LogP contribution in [0.15, 0.2) is 24.4 Å². The van der Waals surface area contributed by atoms with Gasteiger partial charge in [0.05, 0.1) is 14.2 Å². The molecule has 1 aromatic heterocycles. The summed E-state index contributed by atoms with van der Waals surface area (Å²) < 4.78 is 10.7. The van der Waals surface area contributed by atoms with Gasteiger partial charge in [-0.2, -0.15) is 0 Å². The van der Waals surface area contributed by atoms with E-state index in [-0.39, 0.29) is 0 Å². The Bertz CT molecular complexity index is 535. The van der Waals surface area contributed by atoms with Crippen molar-refractivity contribution >= 4 is 10.9 Å². The highest BCUT2D eigenvalue weighted by molar-refractivity contribution is 5.89. The highest BCUT2D eigenvalue weighted by Gasteiger charge is 2.11. The second kappa shape index (κ2) is 4.62. The van der Waals surface area contributed by atoms with Gasteiger partial charge in [-0.25, -0.2) is 0 Å². The summed E-state index contributed by atoms with van der Waals surface area (Å²) in [5, 5.41) is 1.10. The molecule has 0 aliphatic heterocycles. The molecule has 2 aromatic rings. The Hall–Kier alpha value is -1.77. The number of fused-ring (bicyclic) bond motifs is 1. The minimum atomic E-state index is 0.442. The summed E-state index contributed by atoms with van der Waals surface area (Å²) in [6.45, 7) is 4.33. The van der Waals surface area contributed by atoms with E-state index >= 15 is 0 Å². The smallest absolute Gasteiger partial charge is 0.148 e. The number of ether oxygens (including phenoxy) is 2. The zero-order valence-corrected chi connectivity index (χ0v) is 10.7. The first-order valence-corrected chi connectivity index (χ1v) is 5.68. The lowest BCUT2D eigenvalue weighted by Crippen LogP contribution is -1.95. The van der Waals surface area contributed by atoms with Crippen LogP contribution in [0.25, 0.3) is 10.9 Å². The van der Waals surface area contributed by atoms with Crippen LogP contribution in [0.1, 0.15) is 25.3 Å². The molecule has 2 rings (SSSR count). The van der Waals surface area contributed by atoms with E-state index in [0.717, 1.165) is 22.4 Å². The average Bonchev–Trinajstić information content (AvgIpc) is 2.36. The van der Waals surface area contributed by atoms with Crippen molar-refractivity contribution in [2.24, 2.45) is 0 Å². The SMILES string of the molecule is COc1cc(OC)c2nccc(C(C)C)c2c1. The molecule has 0 atom stereocenters. The normalized spacial score (nSPS) is 10.9. The fourth-order valence-electron chi connectivity index (χ4n) is 1.99. The molecule has 17 heavy (non-hydrogen) atoms. The lowest BCUT2D eigenvalue weighted by atomic mass is 9.98. The van der Waals surface area contributed by atoms with Crippen molar-refractivity contribution in [1.29, 1.82) is 0 Å². The quantitative estimate of drug-likeness (QED) is 0.811. The van der Waals surface area contributed by atoms with E-state index in [0.29, 0.717) is 5.92 Å². The molecule has 0 radical (unpaired) electrons. The van der Waals surface area contributed by atoms with Crippen LogP contribution in [-0.2, 0) is 0 Å². The lowest BCUT2D eigenvalue weighted by Gasteiger charge is -2.13. The predicted molar refractivity (Wildman–Crippen MR) is 68.9 cm³/mol. The number of hydrogen-bond donors (Lipinski definition) is 0. The number of methoxy groups -OCH3 is 2. The van der Waals surface area contributed by atoms with Crippen molar-refractivity contribution in [3.63, 3.8) is 0 Å². The molecule has 0 amide bonds. The fourth-order valence-corrected chi connectivity index (χ4v) is 1.99. The molecule has 0 unspecified atom stereocenters. The molecule has 0 N–H and O–H groups in total. The predicted octanol–water partition coefficient (Wildman–Crippen LogP) is 3.38. The van der Waals surface area contributed by atoms with Crippen LogP contribution in [0.3, 0.4) is 0 Å². The minimum absolute atomic E-state index is 0.442. The third kappa shape index (κ3) is 2.05. The molecule has 1 aromatic carbocycles.